The molecule has 2 aromatic carbocycles. The van der Waals surface area contributed by atoms with Gasteiger partial charge >= 0.3 is 0 Å². The maximum Gasteiger partial charge on any atom is 0.273 e. The van der Waals surface area contributed by atoms with Crippen LogP contribution in [-0.2, 0) is 0 Å². The maximum atomic E-state index is 10.9. The molecule has 0 atom stereocenters. The molecule has 11 heteroatoms. The average Bonchev–Trinajstić information content (AvgIpc) is 2.75. The number of nitrogens with zero attached hydrogens (tertiary/aromatic N) is 5. The Bertz CT molecular complexity index is 1290. The van der Waals surface area contributed by atoms with E-state index in [-0.39, 0.29) is 33.5 Å². The minimum Gasteiger partial charge on any atom is -0.506 e. The first-order valence-corrected chi connectivity index (χ1v) is 9.53. The summed E-state index contributed by atoms with van der Waals surface area (Å²) in [5, 5.41) is 24.0. The summed E-state index contributed by atoms with van der Waals surface area (Å²) in [6.07, 6.45) is 1.45. The highest BCUT2D eigenvalue weighted by Crippen LogP contribution is 2.35. The highest BCUT2D eigenvalue weighted by molar-refractivity contribution is 6.28. The number of aromatic hydroxyl groups is 1. The van der Waals surface area contributed by atoms with Gasteiger partial charge in [-0.2, -0.15) is 4.98 Å². The number of halogens is 2. The summed E-state index contributed by atoms with van der Waals surface area (Å²) in [6, 6.07) is 14.8. The molecule has 0 aliphatic carbocycles. The number of phenolic OH excluding ortho intramolecular Hbond substituents is 1. The van der Waals surface area contributed by atoms with Gasteiger partial charge in [-0.1, -0.05) is 30.3 Å². The van der Waals surface area contributed by atoms with Crippen LogP contribution < -0.4 is 5.32 Å². The first-order chi connectivity index (χ1) is 14.9. The number of nitrogens with one attached hydrogen (secondary N) is 1. The van der Waals surface area contributed by atoms with Gasteiger partial charge in [-0.25, -0.2) is 15.0 Å². The number of hydrogen-bond acceptors (Lipinski definition) is 8. The molecule has 2 aromatic heterocycles. The Morgan fingerprint density at radius 2 is 1.68 bits per heavy atom. The molecule has 0 unspecified atom stereocenters. The molecule has 9 nitrogen and oxygen atoms in total. The summed E-state index contributed by atoms with van der Waals surface area (Å²) < 4.78 is 0. The van der Waals surface area contributed by atoms with Crippen molar-refractivity contribution in [3.8, 4) is 28.3 Å². The van der Waals surface area contributed by atoms with Crippen molar-refractivity contribution in [2.45, 2.75) is 0 Å². The molecule has 0 aliphatic rings. The summed E-state index contributed by atoms with van der Waals surface area (Å²) in [5.41, 5.74) is 2.22. The van der Waals surface area contributed by atoms with Crippen molar-refractivity contribution < 1.29 is 10.0 Å². The van der Waals surface area contributed by atoms with Gasteiger partial charge in [0, 0.05) is 17.8 Å². The average molecular weight is 455 g/mol. The van der Waals surface area contributed by atoms with Gasteiger partial charge in [0.2, 0.25) is 10.6 Å². The number of benzene rings is 2. The molecule has 2 heterocycles. The van der Waals surface area contributed by atoms with Gasteiger partial charge in [0.05, 0.1) is 33.6 Å². The minimum atomic E-state index is -0.607. The number of aromatic nitrogens is 4. The molecule has 0 saturated carbocycles. The van der Waals surface area contributed by atoms with Crippen LogP contribution in [0.1, 0.15) is 0 Å². The van der Waals surface area contributed by atoms with Gasteiger partial charge in [-0.05, 0) is 35.3 Å². The van der Waals surface area contributed by atoms with Crippen LogP contribution in [-0.4, -0.2) is 30.0 Å². The fourth-order valence-electron chi connectivity index (χ4n) is 2.82. The molecule has 4 aromatic rings. The Labute approximate surface area is 185 Å². The molecule has 0 amide bonds. The van der Waals surface area contributed by atoms with Gasteiger partial charge < -0.3 is 10.4 Å². The lowest BCUT2D eigenvalue weighted by molar-refractivity contribution is -0.384. The SMILES string of the molecule is O=[N+]([O-])c1ccc(Nc2nc(Cl)ncc2-c2cc(-c3ccccc3)nc(Cl)n2)c(O)c1. The zero-order chi connectivity index (χ0) is 22.0. The van der Waals surface area contributed by atoms with E-state index in [1.54, 1.807) is 6.07 Å². The normalized spacial score (nSPS) is 10.6. The van der Waals surface area contributed by atoms with E-state index in [9.17, 15) is 15.2 Å². The van der Waals surface area contributed by atoms with Gasteiger partial charge in [0.15, 0.2) is 0 Å². The number of non-ortho nitro benzene ring substituents is 1. The Morgan fingerprint density at radius 3 is 2.39 bits per heavy atom. The zero-order valence-corrected chi connectivity index (χ0v) is 17.0. The van der Waals surface area contributed by atoms with Crippen LogP contribution in [0.15, 0.2) is 60.8 Å². The zero-order valence-electron chi connectivity index (χ0n) is 15.5. The molecule has 0 saturated heterocycles. The number of rotatable bonds is 5. The van der Waals surface area contributed by atoms with E-state index < -0.39 is 4.92 Å². The van der Waals surface area contributed by atoms with Gasteiger partial charge in [-0.15, -0.1) is 0 Å². The predicted octanol–water partition coefficient (Wildman–Crippen LogP) is 5.26. The van der Waals surface area contributed by atoms with Crippen LogP contribution in [0.5, 0.6) is 5.75 Å². The summed E-state index contributed by atoms with van der Waals surface area (Å²) in [7, 11) is 0. The van der Waals surface area contributed by atoms with Gasteiger partial charge in [-0.3, -0.25) is 10.1 Å². The largest absolute Gasteiger partial charge is 0.506 e. The second-order valence-electron chi connectivity index (χ2n) is 6.26. The topological polar surface area (TPSA) is 127 Å². The Hall–Kier alpha value is -3.82. The van der Waals surface area contributed by atoms with Crippen molar-refractivity contribution in [3.63, 3.8) is 0 Å². The van der Waals surface area contributed by atoms with Crippen LogP contribution in [0.2, 0.25) is 10.6 Å². The number of phenols is 1. The third kappa shape index (κ3) is 4.52. The third-order valence-electron chi connectivity index (χ3n) is 4.25. The van der Waals surface area contributed by atoms with Gasteiger partial charge in [0.25, 0.3) is 5.69 Å². The van der Waals surface area contributed by atoms with Crippen LogP contribution >= 0.6 is 23.2 Å². The molecule has 0 radical (unpaired) electrons. The van der Waals surface area contributed by atoms with Crippen molar-refractivity contribution in [3.05, 3.63) is 81.5 Å². The first kappa shape index (κ1) is 20.5. The van der Waals surface area contributed by atoms with Crippen molar-refractivity contribution in [1.29, 1.82) is 0 Å². The monoisotopic (exact) mass is 454 g/mol. The smallest absolute Gasteiger partial charge is 0.273 e. The molecule has 4 rings (SSSR count). The van der Waals surface area contributed by atoms with Crippen molar-refractivity contribution in [1.82, 2.24) is 19.9 Å². The lowest BCUT2D eigenvalue weighted by Crippen LogP contribution is -2.01. The number of nitro groups is 1. The van der Waals surface area contributed by atoms with Crippen molar-refractivity contribution in [2.24, 2.45) is 0 Å². The lowest BCUT2D eigenvalue weighted by Gasteiger charge is -2.12. The van der Waals surface area contributed by atoms with E-state index in [4.69, 9.17) is 23.2 Å². The van der Waals surface area contributed by atoms with Crippen LogP contribution in [0, 0.1) is 10.1 Å². The Morgan fingerprint density at radius 1 is 0.935 bits per heavy atom. The van der Waals surface area contributed by atoms with E-state index in [1.807, 2.05) is 30.3 Å². The molecule has 0 fully saturated rings. The second kappa shape index (κ2) is 8.50. The first-order valence-electron chi connectivity index (χ1n) is 8.78. The summed E-state index contributed by atoms with van der Waals surface area (Å²) >= 11 is 12.1. The molecule has 2 N–H and O–H groups in total. The predicted molar refractivity (Wildman–Crippen MR) is 117 cm³/mol. The number of anilines is 2. The Balaban J connectivity index is 1.78. The summed E-state index contributed by atoms with van der Waals surface area (Å²) in [4.78, 5) is 27.0. The minimum absolute atomic E-state index is 0.0236. The quantitative estimate of drug-likeness (QED) is 0.180. The van der Waals surface area contributed by atoms with E-state index in [2.05, 4.69) is 25.3 Å². The van der Waals surface area contributed by atoms with E-state index >= 15 is 0 Å². The highest BCUT2D eigenvalue weighted by Gasteiger charge is 2.16. The van der Waals surface area contributed by atoms with E-state index in [0.717, 1.165) is 11.6 Å². The van der Waals surface area contributed by atoms with Crippen molar-refractivity contribution in [2.75, 3.05) is 5.32 Å². The number of nitro benzene ring substituents is 1. The van der Waals surface area contributed by atoms with Crippen molar-refractivity contribution >= 4 is 40.4 Å². The summed E-state index contributed by atoms with van der Waals surface area (Å²) in [5.74, 6) is -0.112. The molecule has 31 heavy (non-hydrogen) atoms. The second-order valence-corrected chi connectivity index (χ2v) is 6.93. The molecular formula is C20H12Cl2N6O3. The van der Waals surface area contributed by atoms with E-state index in [1.165, 1.54) is 18.3 Å². The highest BCUT2D eigenvalue weighted by atomic mass is 35.5. The standard InChI is InChI=1S/C20H12Cl2N6O3/c21-19-23-10-13(16-9-15(25-20(22)26-16)11-4-2-1-3-5-11)18(27-19)24-14-7-6-12(28(30)31)8-17(14)29/h1-10,29H,(H,23,24,27). The molecular weight excluding hydrogens is 443 g/mol. The van der Waals surface area contributed by atoms with Crippen LogP contribution in [0.3, 0.4) is 0 Å². The summed E-state index contributed by atoms with van der Waals surface area (Å²) in [6.45, 7) is 0. The molecule has 0 bridgehead atoms. The third-order valence-corrected chi connectivity index (χ3v) is 4.60. The van der Waals surface area contributed by atoms with Crippen LogP contribution in [0.4, 0.5) is 17.2 Å². The maximum absolute atomic E-state index is 10.9. The Kier molecular flexibility index (Phi) is 5.61. The fraction of sp³-hybridized carbons (Fsp3) is 0. The van der Waals surface area contributed by atoms with E-state index in [0.29, 0.717) is 17.0 Å². The molecule has 0 aliphatic heterocycles. The number of hydrogen-bond donors (Lipinski definition) is 2. The lowest BCUT2D eigenvalue weighted by atomic mass is 10.1. The molecule has 154 valence electrons. The molecule has 0 spiro atoms. The van der Waals surface area contributed by atoms with Gasteiger partial charge in [0.1, 0.15) is 11.6 Å². The fourth-order valence-corrected chi connectivity index (χ4v) is 3.14. The van der Waals surface area contributed by atoms with Crippen LogP contribution in [0.25, 0.3) is 22.5 Å².